The van der Waals surface area contributed by atoms with Crippen molar-refractivity contribution in [2.24, 2.45) is 12.8 Å². The molecule has 4 N–H and O–H groups in total. The summed E-state index contributed by atoms with van der Waals surface area (Å²) in [5.74, 6) is 0.197. The smallest absolute Gasteiger partial charge is 0.399 e. The van der Waals surface area contributed by atoms with Gasteiger partial charge in [-0.15, -0.1) is 5.10 Å². The maximum Gasteiger partial charge on any atom is 0.411 e. The third-order valence-corrected chi connectivity index (χ3v) is 2.16. The average molecular weight is 233 g/mol. The number of primary amides is 1. The number of nitrogen functional groups attached to an aromatic ring is 1. The zero-order chi connectivity index (χ0) is 12.4. The normalized spacial score (nSPS) is 10.2. The Morgan fingerprint density at radius 1 is 1.35 bits per heavy atom. The maximum absolute atomic E-state index is 10.8. The van der Waals surface area contributed by atoms with E-state index in [1.54, 1.807) is 31.3 Å². The van der Waals surface area contributed by atoms with Crippen LogP contribution in [0, 0.1) is 0 Å². The molecule has 0 unspecified atom stereocenters. The molecular weight excluding hydrogens is 222 g/mol. The summed E-state index contributed by atoms with van der Waals surface area (Å²) in [7, 11) is 1.60. The van der Waals surface area contributed by atoms with Crippen molar-refractivity contribution in [1.29, 1.82) is 0 Å². The molecule has 0 aliphatic heterocycles. The number of amides is 1. The standard InChI is InChI=1S/C10H11N5O2/c1-15-9(17-10(12)16)8(13-14-15)6-2-4-7(11)5-3-6/h2-5H,11H2,1H3,(H2,12,16). The van der Waals surface area contributed by atoms with Gasteiger partial charge in [0.25, 0.3) is 5.88 Å². The second-order valence-corrected chi connectivity index (χ2v) is 3.41. The lowest BCUT2D eigenvalue weighted by Gasteiger charge is -2.03. The van der Waals surface area contributed by atoms with Gasteiger partial charge in [-0.1, -0.05) is 17.3 Å². The van der Waals surface area contributed by atoms with Crippen molar-refractivity contribution in [2.75, 3.05) is 5.73 Å². The van der Waals surface area contributed by atoms with E-state index in [1.165, 1.54) is 4.68 Å². The summed E-state index contributed by atoms with van der Waals surface area (Å²) in [5, 5.41) is 7.68. The van der Waals surface area contributed by atoms with Crippen LogP contribution >= 0.6 is 0 Å². The van der Waals surface area contributed by atoms with Crippen LogP contribution in [0.4, 0.5) is 10.5 Å². The molecule has 7 heteroatoms. The molecule has 2 aromatic rings. The Kier molecular flexibility index (Phi) is 2.65. The van der Waals surface area contributed by atoms with Gasteiger partial charge in [0.15, 0.2) is 5.69 Å². The number of nitrogens with zero attached hydrogens (tertiary/aromatic N) is 3. The molecule has 0 saturated heterocycles. The van der Waals surface area contributed by atoms with E-state index in [1.807, 2.05) is 0 Å². The number of carbonyl (C=O) groups excluding carboxylic acids is 1. The molecule has 0 saturated carbocycles. The van der Waals surface area contributed by atoms with Gasteiger partial charge in [0.2, 0.25) is 0 Å². The minimum Gasteiger partial charge on any atom is -0.399 e. The van der Waals surface area contributed by atoms with E-state index in [9.17, 15) is 4.79 Å². The van der Waals surface area contributed by atoms with Crippen molar-refractivity contribution in [3.8, 4) is 17.1 Å². The number of nitrogens with two attached hydrogens (primary N) is 2. The highest BCUT2D eigenvalue weighted by molar-refractivity contribution is 5.73. The molecule has 1 heterocycles. The molecule has 0 atom stereocenters. The van der Waals surface area contributed by atoms with Gasteiger partial charge in [-0.3, -0.25) is 0 Å². The predicted molar refractivity (Wildman–Crippen MR) is 61.1 cm³/mol. The average Bonchev–Trinajstić information content (AvgIpc) is 2.61. The maximum atomic E-state index is 10.8. The topological polar surface area (TPSA) is 109 Å². The Labute approximate surface area is 97.0 Å². The number of rotatable bonds is 2. The highest BCUT2D eigenvalue weighted by Gasteiger charge is 2.16. The van der Waals surface area contributed by atoms with E-state index in [2.05, 4.69) is 10.3 Å². The fourth-order valence-corrected chi connectivity index (χ4v) is 1.38. The second-order valence-electron chi connectivity index (χ2n) is 3.41. The summed E-state index contributed by atoms with van der Waals surface area (Å²) < 4.78 is 6.18. The van der Waals surface area contributed by atoms with Crippen molar-refractivity contribution < 1.29 is 9.53 Å². The number of hydrogen-bond donors (Lipinski definition) is 2. The van der Waals surface area contributed by atoms with Crippen LogP contribution in [-0.4, -0.2) is 21.1 Å². The largest absolute Gasteiger partial charge is 0.411 e. The van der Waals surface area contributed by atoms with Gasteiger partial charge < -0.3 is 16.2 Å². The van der Waals surface area contributed by atoms with E-state index in [4.69, 9.17) is 16.2 Å². The summed E-state index contributed by atoms with van der Waals surface area (Å²) in [6.45, 7) is 0. The Morgan fingerprint density at radius 2 is 2.00 bits per heavy atom. The third kappa shape index (κ3) is 2.17. The monoisotopic (exact) mass is 233 g/mol. The fraction of sp³-hybridized carbons (Fsp3) is 0.100. The number of benzene rings is 1. The quantitative estimate of drug-likeness (QED) is 0.735. The number of aryl methyl sites for hydroxylation is 1. The lowest BCUT2D eigenvalue weighted by atomic mass is 10.1. The number of carbonyl (C=O) groups is 1. The number of ether oxygens (including phenoxy) is 1. The molecule has 0 bridgehead atoms. The first kappa shape index (κ1) is 10.9. The van der Waals surface area contributed by atoms with Gasteiger partial charge in [0.05, 0.1) is 0 Å². The van der Waals surface area contributed by atoms with Crippen LogP contribution in [0.25, 0.3) is 11.3 Å². The lowest BCUT2D eigenvalue weighted by molar-refractivity contribution is 0.207. The first-order valence-electron chi connectivity index (χ1n) is 4.81. The highest BCUT2D eigenvalue weighted by atomic mass is 16.6. The van der Waals surface area contributed by atoms with Crippen LogP contribution in [0.3, 0.4) is 0 Å². The Bertz CT molecular complexity index is 546. The first-order chi connectivity index (χ1) is 8.08. The van der Waals surface area contributed by atoms with Gasteiger partial charge >= 0.3 is 6.09 Å². The number of hydrogen-bond acceptors (Lipinski definition) is 5. The zero-order valence-corrected chi connectivity index (χ0v) is 9.12. The molecule has 7 nitrogen and oxygen atoms in total. The molecule has 1 aromatic carbocycles. The third-order valence-electron chi connectivity index (χ3n) is 2.16. The summed E-state index contributed by atoms with van der Waals surface area (Å²) in [5.41, 5.74) is 12.4. The number of aromatic nitrogens is 3. The molecule has 1 amide bonds. The van der Waals surface area contributed by atoms with E-state index in [0.717, 1.165) is 5.56 Å². The molecule has 0 radical (unpaired) electrons. The van der Waals surface area contributed by atoms with Crippen LogP contribution in [0.2, 0.25) is 0 Å². The SMILES string of the molecule is Cn1nnc(-c2ccc(N)cc2)c1OC(N)=O. The molecule has 0 aliphatic carbocycles. The van der Waals surface area contributed by atoms with E-state index in [-0.39, 0.29) is 5.88 Å². The van der Waals surface area contributed by atoms with Crippen LogP contribution in [0.15, 0.2) is 24.3 Å². The fourth-order valence-electron chi connectivity index (χ4n) is 1.38. The van der Waals surface area contributed by atoms with E-state index >= 15 is 0 Å². The molecule has 0 aliphatic rings. The molecule has 1 aromatic heterocycles. The summed E-state index contributed by atoms with van der Waals surface area (Å²) in [4.78, 5) is 10.8. The summed E-state index contributed by atoms with van der Waals surface area (Å²) >= 11 is 0. The van der Waals surface area contributed by atoms with E-state index < -0.39 is 6.09 Å². The van der Waals surface area contributed by atoms with Crippen LogP contribution in [0.5, 0.6) is 5.88 Å². The lowest BCUT2D eigenvalue weighted by Crippen LogP contribution is -2.18. The van der Waals surface area contributed by atoms with Crippen LogP contribution in [-0.2, 0) is 7.05 Å². The predicted octanol–water partition coefficient (Wildman–Crippen LogP) is 0.522. The molecule has 0 fully saturated rings. The van der Waals surface area contributed by atoms with Gasteiger partial charge in [0, 0.05) is 18.3 Å². The van der Waals surface area contributed by atoms with Gasteiger partial charge in [-0.2, -0.15) is 0 Å². The van der Waals surface area contributed by atoms with Crippen molar-refractivity contribution in [3.63, 3.8) is 0 Å². The van der Waals surface area contributed by atoms with Crippen LogP contribution < -0.4 is 16.2 Å². The minimum atomic E-state index is -0.910. The van der Waals surface area contributed by atoms with Crippen molar-refractivity contribution >= 4 is 11.8 Å². The van der Waals surface area contributed by atoms with E-state index in [0.29, 0.717) is 11.4 Å². The Hall–Kier alpha value is -2.57. The molecule has 2 rings (SSSR count). The van der Waals surface area contributed by atoms with Crippen molar-refractivity contribution in [2.45, 2.75) is 0 Å². The number of anilines is 1. The molecule has 0 spiro atoms. The summed E-state index contributed by atoms with van der Waals surface area (Å²) in [6, 6.07) is 6.95. The van der Waals surface area contributed by atoms with Gasteiger partial charge in [-0.05, 0) is 12.1 Å². The summed E-state index contributed by atoms with van der Waals surface area (Å²) in [6.07, 6.45) is -0.910. The minimum absolute atomic E-state index is 0.197. The second kappa shape index (κ2) is 4.12. The van der Waals surface area contributed by atoms with Gasteiger partial charge in [0.1, 0.15) is 0 Å². The van der Waals surface area contributed by atoms with Crippen molar-refractivity contribution in [1.82, 2.24) is 15.0 Å². The Morgan fingerprint density at radius 3 is 2.59 bits per heavy atom. The van der Waals surface area contributed by atoms with Crippen molar-refractivity contribution in [3.05, 3.63) is 24.3 Å². The molecular formula is C10H11N5O2. The van der Waals surface area contributed by atoms with Gasteiger partial charge in [-0.25, -0.2) is 9.48 Å². The Balaban J connectivity index is 2.45. The highest BCUT2D eigenvalue weighted by Crippen LogP contribution is 2.27. The molecule has 88 valence electrons. The first-order valence-corrected chi connectivity index (χ1v) is 4.81. The van der Waals surface area contributed by atoms with Crippen LogP contribution in [0.1, 0.15) is 0 Å². The zero-order valence-electron chi connectivity index (χ0n) is 9.12. The molecule has 17 heavy (non-hydrogen) atoms.